The number of pyridine rings is 1. The van der Waals surface area contributed by atoms with Crippen LogP contribution in [0.5, 0.6) is 5.75 Å². The van der Waals surface area contributed by atoms with Gasteiger partial charge in [0.2, 0.25) is 0 Å². The Bertz CT molecular complexity index is 1540. The van der Waals surface area contributed by atoms with Crippen LogP contribution in [0.1, 0.15) is 26.4 Å². The number of hydrazine groups is 1. The summed E-state index contributed by atoms with van der Waals surface area (Å²) in [4.78, 5) is 30.3. The third-order valence-electron chi connectivity index (χ3n) is 5.43. The Hall–Kier alpha value is -4.92. The van der Waals surface area contributed by atoms with Crippen molar-refractivity contribution in [1.82, 2.24) is 25.6 Å². The van der Waals surface area contributed by atoms with E-state index in [4.69, 9.17) is 9.15 Å². The minimum atomic E-state index is -0.562. The van der Waals surface area contributed by atoms with Gasteiger partial charge in [0, 0.05) is 11.6 Å². The molecular weight excluding hydrogens is 446 g/mol. The number of furan rings is 1. The molecule has 2 amide bonds. The van der Waals surface area contributed by atoms with Crippen LogP contribution in [0.15, 0.2) is 83.6 Å². The maximum atomic E-state index is 13.0. The molecule has 0 atom stereocenters. The average molecular weight is 467 g/mol. The fourth-order valence-electron chi connectivity index (χ4n) is 3.72. The predicted molar refractivity (Wildman–Crippen MR) is 129 cm³/mol. The number of ether oxygens (including phenoxy) is 1. The zero-order valence-corrected chi connectivity index (χ0v) is 19.0. The Labute approximate surface area is 200 Å². The normalized spacial score (nSPS) is 10.8. The van der Waals surface area contributed by atoms with Gasteiger partial charge < -0.3 is 9.15 Å². The second-order valence-corrected chi connectivity index (χ2v) is 7.78. The third kappa shape index (κ3) is 4.34. The Morgan fingerprint density at radius 3 is 2.60 bits per heavy atom. The van der Waals surface area contributed by atoms with E-state index in [1.807, 2.05) is 43.3 Å². The van der Waals surface area contributed by atoms with Crippen LogP contribution >= 0.6 is 0 Å². The molecular formula is C26H21N5O4. The number of aryl methyl sites for hydroxylation is 1. The van der Waals surface area contributed by atoms with Gasteiger partial charge in [-0.3, -0.25) is 20.4 Å². The van der Waals surface area contributed by atoms with Gasteiger partial charge in [0.25, 0.3) is 11.8 Å². The number of rotatable bonds is 5. The first-order chi connectivity index (χ1) is 17.0. The van der Waals surface area contributed by atoms with Crippen molar-refractivity contribution in [3.63, 3.8) is 0 Å². The standard InChI is InChI=1S/C26H21N5O4/c1-16-9-10-24(34-2)22(14-16)31-12-11-20(30-31)26(33)29-28-25(32)18-15-21(23-8-5-13-35-23)27-19-7-4-3-6-17(18)19/h3-15H,1-2H3,(H,28,32)(H,29,33). The fraction of sp³-hybridized carbons (Fsp3) is 0.0769. The number of hydrogen-bond acceptors (Lipinski definition) is 6. The number of amides is 2. The molecule has 2 N–H and O–H groups in total. The number of benzene rings is 2. The van der Waals surface area contributed by atoms with E-state index in [0.29, 0.717) is 39.4 Å². The molecule has 0 saturated heterocycles. The molecule has 0 radical (unpaired) electrons. The lowest BCUT2D eigenvalue weighted by atomic mass is 10.1. The topological polar surface area (TPSA) is 111 Å². The monoisotopic (exact) mass is 467 g/mol. The molecule has 0 aliphatic rings. The van der Waals surface area contributed by atoms with Crippen LogP contribution in [0.3, 0.4) is 0 Å². The Morgan fingerprint density at radius 2 is 1.80 bits per heavy atom. The van der Waals surface area contributed by atoms with Crippen LogP contribution in [0, 0.1) is 6.92 Å². The van der Waals surface area contributed by atoms with Crippen molar-refractivity contribution in [2.45, 2.75) is 6.92 Å². The number of carbonyl (C=O) groups is 2. The smallest absolute Gasteiger partial charge is 0.290 e. The molecule has 3 aromatic heterocycles. The SMILES string of the molecule is COc1ccc(C)cc1-n1ccc(C(=O)NNC(=O)c2cc(-c3ccco3)nc3ccccc23)n1. The lowest BCUT2D eigenvalue weighted by Crippen LogP contribution is -2.42. The van der Waals surface area contributed by atoms with Crippen LogP contribution in [0.2, 0.25) is 0 Å². The quantitative estimate of drug-likeness (QED) is 0.377. The predicted octanol–water partition coefficient (Wildman–Crippen LogP) is 4.07. The van der Waals surface area contributed by atoms with E-state index >= 15 is 0 Å². The molecule has 2 aromatic carbocycles. The highest BCUT2D eigenvalue weighted by molar-refractivity contribution is 6.08. The molecule has 0 spiro atoms. The summed E-state index contributed by atoms with van der Waals surface area (Å²) in [6, 6.07) is 19.6. The summed E-state index contributed by atoms with van der Waals surface area (Å²) in [6.45, 7) is 1.95. The largest absolute Gasteiger partial charge is 0.494 e. The molecule has 9 nitrogen and oxygen atoms in total. The highest BCUT2D eigenvalue weighted by Gasteiger charge is 2.17. The van der Waals surface area contributed by atoms with Gasteiger partial charge in [-0.25, -0.2) is 9.67 Å². The van der Waals surface area contributed by atoms with Crippen LogP contribution in [-0.2, 0) is 0 Å². The van der Waals surface area contributed by atoms with Crippen molar-refractivity contribution in [2.24, 2.45) is 0 Å². The van der Waals surface area contributed by atoms with Crippen molar-refractivity contribution < 1.29 is 18.7 Å². The van der Waals surface area contributed by atoms with Crippen molar-refractivity contribution in [3.8, 4) is 22.9 Å². The van der Waals surface area contributed by atoms with Gasteiger partial charge in [0.1, 0.15) is 17.1 Å². The number of methoxy groups -OCH3 is 1. The molecule has 0 fully saturated rings. The number of para-hydroxylation sites is 1. The molecule has 0 saturated carbocycles. The first-order valence-electron chi connectivity index (χ1n) is 10.8. The van der Waals surface area contributed by atoms with E-state index < -0.39 is 11.8 Å². The zero-order chi connectivity index (χ0) is 24.4. The molecule has 5 aromatic rings. The lowest BCUT2D eigenvalue weighted by Gasteiger charge is -2.10. The summed E-state index contributed by atoms with van der Waals surface area (Å²) in [6.07, 6.45) is 3.19. The van der Waals surface area contributed by atoms with Crippen LogP contribution < -0.4 is 15.6 Å². The minimum Gasteiger partial charge on any atom is -0.494 e. The van der Waals surface area contributed by atoms with Crippen molar-refractivity contribution >= 4 is 22.7 Å². The molecule has 174 valence electrons. The van der Waals surface area contributed by atoms with Gasteiger partial charge in [-0.05, 0) is 55.0 Å². The maximum Gasteiger partial charge on any atom is 0.290 e. The molecule has 9 heteroatoms. The van der Waals surface area contributed by atoms with Gasteiger partial charge in [-0.15, -0.1) is 0 Å². The summed E-state index contributed by atoms with van der Waals surface area (Å²) in [5.41, 5.74) is 8.24. The second kappa shape index (κ2) is 9.14. The summed E-state index contributed by atoms with van der Waals surface area (Å²) < 4.78 is 12.4. The highest BCUT2D eigenvalue weighted by Crippen LogP contribution is 2.25. The average Bonchev–Trinajstić information content (AvgIpc) is 3.59. The molecule has 5 rings (SSSR count). The first kappa shape index (κ1) is 21.9. The Kier molecular flexibility index (Phi) is 5.72. The van der Waals surface area contributed by atoms with Crippen LogP contribution in [-0.4, -0.2) is 33.7 Å². The molecule has 0 aliphatic heterocycles. The van der Waals surface area contributed by atoms with E-state index in [1.54, 1.807) is 48.3 Å². The Morgan fingerprint density at radius 1 is 0.971 bits per heavy atom. The van der Waals surface area contributed by atoms with Crippen molar-refractivity contribution in [3.05, 3.63) is 96.0 Å². The molecule has 0 bridgehead atoms. The minimum absolute atomic E-state index is 0.129. The van der Waals surface area contributed by atoms with E-state index in [0.717, 1.165) is 5.56 Å². The second-order valence-electron chi connectivity index (χ2n) is 7.78. The van der Waals surface area contributed by atoms with E-state index in [1.165, 1.54) is 6.26 Å². The number of nitrogens with zero attached hydrogens (tertiary/aromatic N) is 3. The highest BCUT2D eigenvalue weighted by atomic mass is 16.5. The first-order valence-corrected chi connectivity index (χ1v) is 10.8. The van der Waals surface area contributed by atoms with Crippen LogP contribution in [0.25, 0.3) is 28.0 Å². The number of hydrogen-bond donors (Lipinski definition) is 2. The summed E-state index contributed by atoms with van der Waals surface area (Å²) >= 11 is 0. The summed E-state index contributed by atoms with van der Waals surface area (Å²) in [5.74, 6) is 0.0970. The lowest BCUT2D eigenvalue weighted by molar-refractivity contribution is 0.0844. The third-order valence-corrected chi connectivity index (χ3v) is 5.43. The number of fused-ring (bicyclic) bond motifs is 1. The molecule has 0 aliphatic carbocycles. The molecule has 0 unspecified atom stereocenters. The van der Waals surface area contributed by atoms with E-state index in [9.17, 15) is 9.59 Å². The van der Waals surface area contributed by atoms with Crippen molar-refractivity contribution in [1.29, 1.82) is 0 Å². The van der Waals surface area contributed by atoms with E-state index in [2.05, 4.69) is 20.9 Å². The summed E-state index contributed by atoms with van der Waals surface area (Å²) in [7, 11) is 1.57. The van der Waals surface area contributed by atoms with E-state index in [-0.39, 0.29) is 5.69 Å². The number of aromatic nitrogens is 3. The van der Waals surface area contributed by atoms with Gasteiger partial charge in [-0.2, -0.15) is 5.10 Å². The van der Waals surface area contributed by atoms with Gasteiger partial charge in [-0.1, -0.05) is 24.3 Å². The number of carbonyl (C=O) groups excluding carboxylic acids is 2. The molecule has 3 heterocycles. The zero-order valence-electron chi connectivity index (χ0n) is 19.0. The van der Waals surface area contributed by atoms with Crippen molar-refractivity contribution in [2.75, 3.05) is 7.11 Å². The van der Waals surface area contributed by atoms with Gasteiger partial charge in [0.05, 0.1) is 24.5 Å². The van der Waals surface area contributed by atoms with Gasteiger partial charge in [0.15, 0.2) is 11.5 Å². The molecule has 35 heavy (non-hydrogen) atoms. The fourth-order valence-corrected chi connectivity index (χ4v) is 3.72. The van der Waals surface area contributed by atoms with Crippen LogP contribution in [0.4, 0.5) is 0 Å². The van der Waals surface area contributed by atoms with Gasteiger partial charge >= 0.3 is 0 Å². The maximum absolute atomic E-state index is 13.0. The summed E-state index contributed by atoms with van der Waals surface area (Å²) in [5, 5.41) is 4.97. The number of nitrogens with one attached hydrogen (secondary N) is 2. The Balaban J connectivity index is 1.36.